The van der Waals surface area contributed by atoms with Crippen LogP contribution in [0.25, 0.3) is 21.8 Å². The average molecular weight is 731 g/mol. The molecule has 0 spiro atoms. The van der Waals surface area contributed by atoms with Gasteiger partial charge in [0.1, 0.15) is 23.7 Å². The number of fused-ring (bicyclic) bond motifs is 8. The fourth-order valence-electron chi connectivity index (χ4n) is 9.83. The number of hydrogen-bond donors (Lipinski definition) is 2. The number of hydrogen-bond acceptors (Lipinski definition) is 10. The van der Waals surface area contributed by atoms with Gasteiger partial charge in [0.25, 0.3) is 0 Å². The van der Waals surface area contributed by atoms with E-state index in [0.717, 1.165) is 84.8 Å². The monoisotopic (exact) mass is 730 g/mol. The Morgan fingerprint density at radius 2 is 1.17 bits per heavy atom. The summed E-state index contributed by atoms with van der Waals surface area (Å²) in [5.41, 5.74) is 3.15. The Bertz CT molecular complexity index is 1910. The number of ether oxygens (including phenoxy) is 2. The molecule has 0 aliphatic carbocycles. The van der Waals surface area contributed by atoms with E-state index in [1.807, 2.05) is 12.1 Å². The maximum absolute atomic E-state index is 13.6. The quantitative estimate of drug-likeness (QED) is 0.0816. The fourth-order valence-corrected chi connectivity index (χ4v) is 9.83. The number of pyridine rings is 2. The second-order valence-electron chi connectivity index (χ2n) is 15.7. The van der Waals surface area contributed by atoms with Crippen LogP contribution in [0, 0.1) is 23.7 Å². The molecule has 0 amide bonds. The molecule has 10 rings (SSSR count). The number of benzene rings is 2. The number of piperidine rings is 6. The topological polar surface area (TPSA) is 125 Å². The third-order valence-corrected chi connectivity index (χ3v) is 12.7. The van der Waals surface area contributed by atoms with Crippen molar-refractivity contribution >= 4 is 33.7 Å². The van der Waals surface area contributed by atoms with Crippen LogP contribution in [0.15, 0.2) is 86.2 Å². The molecule has 4 bridgehead atoms. The molecule has 2 aromatic heterocycles. The van der Waals surface area contributed by atoms with Crippen LogP contribution in [0.1, 0.15) is 74.7 Å². The molecule has 6 saturated heterocycles. The molecule has 282 valence electrons. The lowest BCUT2D eigenvalue weighted by molar-refractivity contribution is -0.159. The Morgan fingerprint density at radius 1 is 0.722 bits per heavy atom. The highest BCUT2D eigenvalue weighted by atomic mass is 16.5. The third-order valence-electron chi connectivity index (χ3n) is 12.7. The molecule has 2 N–H and O–H groups in total. The predicted molar refractivity (Wildman–Crippen MR) is 206 cm³/mol. The molecule has 6 aliphatic rings. The van der Waals surface area contributed by atoms with Crippen molar-refractivity contribution in [3.63, 3.8) is 0 Å². The molecule has 54 heavy (non-hydrogen) atoms. The minimum atomic E-state index is -0.528. The van der Waals surface area contributed by atoms with E-state index in [2.05, 4.69) is 45.1 Å². The van der Waals surface area contributed by atoms with Crippen LogP contribution < -0.4 is 0 Å². The summed E-state index contributed by atoms with van der Waals surface area (Å²) in [4.78, 5) is 41.1. The van der Waals surface area contributed by atoms with Crippen LogP contribution in [0.2, 0.25) is 0 Å². The van der Waals surface area contributed by atoms with Crippen molar-refractivity contribution in [2.24, 2.45) is 23.7 Å². The fraction of sp³-hybridized carbons (Fsp3) is 0.455. The lowest BCUT2D eigenvalue weighted by atomic mass is 9.73. The van der Waals surface area contributed by atoms with E-state index in [4.69, 9.17) is 9.47 Å². The van der Waals surface area contributed by atoms with Crippen molar-refractivity contribution in [3.8, 4) is 11.5 Å². The minimum Gasteiger partial charge on any atom is -0.508 e. The summed E-state index contributed by atoms with van der Waals surface area (Å²) < 4.78 is 12.8. The van der Waals surface area contributed by atoms with Crippen molar-refractivity contribution in [3.05, 3.63) is 97.4 Å². The van der Waals surface area contributed by atoms with E-state index in [1.165, 1.54) is 0 Å². The number of phenols is 2. The molecule has 0 saturated carbocycles. The normalized spacial score (nSPS) is 28.4. The molecule has 4 aromatic rings. The Labute approximate surface area is 316 Å². The number of rotatable bonds is 13. The van der Waals surface area contributed by atoms with Gasteiger partial charge in [-0.1, -0.05) is 12.2 Å². The third kappa shape index (κ3) is 7.21. The summed E-state index contributed by atoms with van der Waals surface area (Å²) in [6.45, 7) is 11.8. The molecule has 2 aromatic carbocycles. The Hall–Kier alpha value is -4.80. The number of carbonyl (C=O) groups is 2. The second kappa shape index (κ2) is 15.5. The van der Waals surface area contributed by atoms with Crippen LogP contribution >= 0.6 is 0 Å². The Morgan fingerprint density at radius 3 is 1.56 bits per heavy atom. The van der Waals surface area contributed by atoms with Gasteiger partial charge in [0, 0.05) is 60.2 Å². The van der Waals surface area contributed by atoms with Crippen LogP contribution in [0.5, 0.6) is 11.5 Å². The molecular formula is C44H50N4O6. The van der Waals surface area contributed by atoms with Crippen LogP contribution in [0.4, 0.5) is 0 Å². The van der Waals surface area contributed by atoms with E-state index >= 15 is 0 Å². The number of aromatic hydroxyl groups is 2. The van der Waals surface area contributed by atoms with Gasteiger partial charge in [-0.15, -0.1) is 13.2 Å². The summed E-state index contributed by atoms with van der Waals surface area (Å²) in [5, 5.41) is 22.3. The van der Waals surface area contributed by atoms with E-state index < -0.39 is 12.2 Å². The molecular weight excluding hydrogens is 681 g/mol. The number of esters is 2. The molecule has 0 radical (unpaired) electrons. The van der Waals surface area contributed by atoms with Crippen molar-refractivity contribution in [1.82, 2.24) is 19.8 Å². The number of nitrogens with zero attached hydrogens (tertiary/aromatic N) is 4. The van der Waals surface area contributed by atoms with Gasteiger partial charge in [0.2, 0.25) is 0 Å². The standard InChI is InChI=1S/C44H50N4O6/c1-3-27-25-47-19-15-29(27)21-39(47)43(33-13-17-45-37-11-9-31(49)23-35(33)37)53-41(51)7-5-6-8-42(52)54-44(40-22-30-16-20-48(40)26-28(30)4-2)34-14-18-46-38-12-10-32(50)24-36(34)38/h3-4,9-14,17-18,23-24,27-30,39-40,43-44,49-50H,1-2,5-8,15-16,19-22,25-26H2/t27-,28-,29-,30-,39-,40-,43+,44+/m0/s1. The maximum atomic E-state index is 13.6. The smallest absolute Gasteiger partial charge is 0.306 e. The molecule has 10 nitrogen and oxygen atoms in total. The highest BCUT2D eigenvalue weighted by Gasteiger charge is 2.45. The first-order valence-corrected chi connectivity index (χ1v) is 19.6. The first kappa shape index (κ1) is 36.2. The van der Waals surface area contributed by atoms with Gasteiger partial charge < -0.3 is 19.7 Å². The first-order chi connectivity index (χ1) is 26.3. The Balaban J connectivity index is 0.947. The second-order valence-corrected chi connectivity index (χ2v) is 15.7. The molecule has 6 aliphatic heterocycles. The van der Waals surface area contributed by atoms with E-state index in [0.29, 0.717) is 36.5 Å². The van der Waals surface area contributed by atoms with E-state index in [1.54, 1.807) is 48.8 Å². The Kier molecular flexibility index (Phi) is 10.4. The van der Waals surface area contributed by atoms with Gasteiger partial charge in [-0.2, -0.15) is 0 Å². The number of carbonyl (C=O) groups excluding carboxylic acids is 2. The van der Waals surface area contributed by atoms with Gasteiger partial charge in [-0.05, 0) is 124 Å². The zero-order valence-electron chi connectivity index (χ0n) is 30.8. The number of phenolic OH excluding ortho intramolecular Hbond substituents is 2. The molecule has 2 unspecified atom stereocenters. The van der Waals surface area contributed by atoms with E-state index in [-0.39, 0.29) is 48.4 Å². The summed E-state index contributed by atoms with van der Waals surface area (Å²) in [5.74, 6) is 1.45. The maximum Gasteiger partial charge on any atom is 0.306 e. The largest absolute Gasteiger partial charge is 0.508 e. The van der Waals surface area contributed by atoms with Crippen LogP contribution in [0.3, 0.4) is 0 Å². The number of unbranched alkanes of at least 4 members (excludes halogenated alkanes) is 1. The van der Waals surface area contributed by atoms with Crippen molar-refractivity contribution in [2.75, 3.05) is 26.2 Å². The van der Waals surface area contributed by atoms with Crippen LogP contribution in [-0.2, 0) is 19.1 Å². The van der Waals surface area contributed by atoms with Gasteiger partial charge >= 0.3 is 11.9 Å². The molecule has 8 heterocycles. The SMILES string of the molecule is C=C[C@H]1CN2CC[C@H]1C[C@H]2[C@H](OC(=O)CCCCC(=O)O[C@H](c1ccnc2ccc(O)cc12)[C@@H]1C[C@@H]2CCN1C[C@@H]2C=C)c1ccnc2ccc(O)cc12. The minimum absolute atomic E-state index is 0.00231. The summed E-state index contributed by atoms with van der Waals surface area (Å²) >= 11 is 0. The summed E-state index contributed by atoms with van der Waals surface area (Å²) in [6, 6.07) is 14.0. The van der Waals surface area contributed by atoms with Gasteiger partial charge in [-0.25, -0.2) is 0 Å². The number of aromatic nitrogens is 2. The first-order valence-electron chi connectivity index (χ1n) is 19.6. The van der Waals surface area contributed by atoms with Crippen molar-refractivity contribution in [2.45, 2.75) is 75.7 Å². The summed E-state index contributed by atoms with van der Waals surface area (Å²) in [7, 11) is 0. The highest BCUT2D eigenvalue weighted by molar-refractivity contribution is 5.85. The molecule has 10 atom stereocenters. The molecule has 6 fully saturated rings. The van der Waals surface area contributed by atoms with Crippen molar-refractivity contribution < 1.29 is 29.3 Å². The lowest BCUT2D eigenvalue weighted by Gasteiger charge is -2.51. The van der Waals surface area contributed by atoms with Crippen molar-refractivity contribution in [1.29, 1.82) is 0 Å². The van der Waals surface area contributed by atoms with Crippen LogP contribution in [-0.4, -0.2) is 80.2 Å². The predicted octanol–water partition coefficient (Wildman–Crippen LogP) is 7.42. The van der Waals surface area contributed by atoms with E-state index in [9.17, 15) is 19.8 Å². The zero-order chi connectivity index (χ0) is 37.3. The lowest BCUT2D eigenvalue weighted by Crippen LogP contribution is -2.55. The average Bonchev–Trinajstić information content (AvgIpc) is 3.20. The van der Waals surface area contributed by atoms with Gasteiger partial charge in [0.15, 0.2) is 0 Å². The van der Waals surface area contributed by atoms with Gasteiger partial charge in [0.05, 0.1) is 23.1 Å². The highest BCUT2D eigenvalue weighted by Crippen LogP contribution is 2.45. The summed E-state index contributed by atoms with van der Waals surface area (Å²) in [6.07, 6.45) is 11.8. The zero-order valence-corrected chi connectivity index (χ0v) is 30.8. The molecule has 10 heteroatoms. The van der Waals surface area contributed by atoms with Gasteiger partial charge in [-0.3, -0.25) is 29.4 Å².